The summed E-state index contributed by atoms with van der Waals surface area (Å²) in [5.41, 5.74) is 2.54. The second kappa shape index (κ2) is 6.55. The van der Waals surface area contributed by atoms with E-state index in [4.69, 9.17) is 0 Å². The van der Waals surface area contributed by atoms with Gasteiger partial charge in [0.1, 0.15) is 0 Å². The van der Waals surface area contributed by atoms with Crippen LogP contribution >= 0.6 is 0 Å². The third kappa shape index (κ3) is 3.94. The molecule has 2 nitrogen and oxygen atoms in total. The highest BCUT2D eigenvalue weighted by molar-refractivity contribution is 5.64. The van der Waals surface area contributed by atoms with Crippen molar-refractivity contribution in [2.24, 2.45) is 5.92 Å². The average Bonchev–Trinajstić information content (AvgIpc) is 3.13. The van der Waals surface area contributed by atoms with Crippen LogP contribution in [-0.4, -0.2) is 37.1 Å². The Bertz CT molecular complexity index is 430. The van der Waals surface area contributed by atoms with Gasteiger partial charge in [-0.3, -0.25) is 4.90 Å². The van der Waals surface area contributed by atoms with E-state index in [9.17, 15) is 0 Å². The van der Waals surface area contributed by atoms with Gasteiger partial charge in [-0.05, 0) is 49.3 Å². The molecule has 0 aromatic heterocycles. The molecule has 1 aromatic rings. The Balaban J connectivity index is 1.58. The molecule has 2 fully saturated rings. The molecule has 20 heavy (non-hydrogen) atoms. The number of nitrogens with one attached hydrogen (secondary N) is 1. The van der Waals surface area contributed by atoms with Gasteiger partial charge >= 0.3 is 0 Å². The van der Waals surface area contributed by atoms with Crippen molar-refractivity contribution in [3.63, 3.8) is 0 Å². The predicted molar refractivity (Wildman–Crippen MR) is 85.7 cm³/mol. The van der Waals surface area contributed by atoms with Gasteiger partial charge in [-0.2, -0.15) is 0 Å². The fourth-order valence-electron chi connectivity index (χ4n) is 3.13. The van der Waals surface area contributed by atoms with E-state index in [1.54, 1.807) is 0 Å². The zero-order valence-corrected chi connectivity index (χ0v) is 12.4. The molecule has 1 aliphatic carbocycles. The lowest BCUT2D eigenvalue weighted by molar-refractivity contribution is 0.267. The van der Waals surface area contributed by atoms with Gasteiger partial charge in [0.05, 0.1) is 0 Å². The summed E-state index contributed by atoms with van der Waals surface area (Å²) in [4.78, 5) is 2.62. The van der Waals surface area contributed by atoms with Crippen LogP contribution in [-0.2, 0) is 0 Å². The number of benzene rings is 1. The first kappa shape index (κ1) is 13.8. The minimum absolute atomic E-state index is 0.692. The van der Waals surface area contributed by atoms with Crippen molar-refractivity contribution in [1.82, 2.24) is 10.2 Å². The Morgan fingerprint density at radius 1 is 1.15 bits per heavy atom. The molecule has 1 unspecified atom stereocenters. The largest absolute Gasteiger partial charge is 0.313 e. The van der Waals surface area contributed by atoms with Gasteiger partial charge < -0.3 is 5.32 Å². The fraction of sp³-hybridized carbons (Fsp3) is 0.556. The van der Waals surface area contributed by atoms with E-state index in [0.29, 0.717) is 6.04 Å². The molecule has 108 valence electrons. The summed E-state index contributed by atoms with van der Waals surface area (Å²) in [7, 11) is 0. The van der Waals surface area contributed by atoms with Crippen LogP contribution in [0.5, 0.6) is 0 Å². The van der Waals surface area contributed by atoms with Crippen molar-refractivity contribution in [3.05, 3.63) is 42.5 Å². The van der Waals surface area contributed by atoms with Gasteiger partial charge in [-0.1, -0.05) is 36.9 Å². The summed E-state index contributed by atoms with van der Waals surface area (Å²) in [6.45, 7) is 8.95. The van der Waals surface area contributed by atoms with Crippen LogP contribution in [0.15, 0.2) is 36.9 Å². The highest BCUT2D eigenvalue weighted by Crippen LogP contribution is 2.30. The number of nitrogens with zero attached hydrogens (tertiary/aromatic N) is 1. The summed E-state index contributed by atoms with van der Waals surface area (Å²) < 4.78 is 0. The molecule has 3 rings (SSSR count). The maximum Gasteiger partial charge on any atom is 0.0234 e. The molecule has 1 heterocycles. The number of hydrogen-bond donors (Lipinski definition) is 1. The normalized spacial score (nSPS) is 22.4. The topological polar surface area (TPSA) is 15.3 Å². The second-order valence-electron chi connectivity index (χ2n) is 6.40. The van der Waals surface area contributed by atoms with Crippen LogP contribution in [0.4, 0.5) is 0 Å². The Kier molecular flexibility index (Phi) is 4.54. The van der Waals surface area contributed by atoms with Crippen molar-refractivity contribution in [1.29, 1.82) is 0 Å². The van der Waals surface area contributed by atoms with Gasteiger partial charge in [0.25, 0.3) is 0 Å². The molecule has 0 bridgehead atoms. The average molecular weight is 270 g/mol. The van der Waals surface area contributed by atoms with E-state index in [1.807, 2.05) is 0 Å². The zero-order chi connectivity index (χ0) is 13.8. The van der Waals surface area contributed by atoms with Crippen LogP contribution in [0.25, 0.3) is 5.57 Å². The van der Waals surface area contributed by atoms with Crippen molar-refractivity contribution >= 4 is 5.57 Å². The number of rotatable bonds is 7. The van der Waals surface area contributed by atoms with Crippen molar-refractivity contribution in [2.45, 2.75) is 31.7 Å². The van der Waals surface area contributed by atoms with Crippen LogP contribution in [0.2, 0.25) is 0 Å². The van der Waals surface area contributed by atoms with Gasteiger partial charge in [0, 0.05) is 25.7 Å². The minimum Gasteiger partial charge on any atom is -0.313 e. The summed E-state index contributed by atoms with van der Waals surface area (Å²) in [5, 5.41) is 3.62. The number of hydrogen-bond acceptors (Lipinski definition) is 2. The van der Waals surface area contributed by atoms with E-state index in [0.717, 1.165) is 12.5 Å². The first-order valence-electron chi connectivity index (χ1n) is 8.00. The van der Waals surface area contributed by atoms with Crippen LogP contribution in [0, 0.1) is 5.92 Å². The van der Waals surface area contributed by atoms with Crippen LogP contribution < -0.4 is 5.32 Å². The Hall–Kier alpha value is -1.12. The van der Waals surface area contributed by atoms with Crippen LogP contribution in [0.1, 0.15) is 31.2 Å². The molecule has 2 heteroatoms. The maximum absolute atomic E-state index is 4.30. The molecule has 0 amide bonds. The first-order valence-corrected chi connectivity index (χ1v) is 8.00. The molecule has 0 radical (unpaired) electrons. The molecule has 1 aliphatic heterocycles. The molecular formula is C18H26N2. The van der Waals surface area contributed by atoms with Crippen molar-refractivity contribution < 1.29 is 0 Å². The minimum atomic E-state index is 0.692. The standard InChI is InChI=1S/C18H26N2/c1-15(17-6-3-2-4-7-17)12-20(13-16-9-10-16)14-18-8-5-11-19-18/h2-4,6-7,16,18-19H,1,5,8-14H2. The molecule has 1 N–H and O–H groups in total. The molecule has 1 aromatic carbocycles. The fourth-order valence-corrected chi connectivity index (χ4v) is 3.13. The third-order valence-electron chi connectivity index (χ3n) is 4.45. The summed E-state index contributed by atoms with van der Waals surface area (Å²) >= 11 is 0. The van der Waals surface area contributed by atoms with Gasteiger partial charge in [0.2, 0.25) is 0 Å². The smallest absolute Gasteiger partial charge is 0.0234 e. The van der Waals surface area contributed by atoms with Gasteiger partial charge in [0.15, 0.2) is 0 Å². The lowest BCUT2D eigenvalue weighted by atomic mass is 10.1. The first-order chi connectivity index (χ1) is 9.81. The third-order valence-corrected chi connectivity index (χ3v) is 4.45. The SMILES string of the molecule is C=C(CN(CC1CC1)CC1CCCN1)c1ccccc1. The van der Waals surface area contributed by atoms with E-state index < -0.39 is 0 Å². The molecule has 2 aliphatic rings. The second-order valence-corrected chi connectivity index (χ2v) is 6.40. The molecule has 0 spiro atoms. The predicted octanol–water partition coefficient (Wildman–Crippen LogP) is 3.16. The summed E-state index contributed by atoms with van der Waals surface area (Å²) in [6, 6.07) is 11.3. The Morgan fingerprint density at radius 3 is 2.60 bits per heavy atom. The van der Waals surface area contributed by atoms with Crippen LogP contribution in [0.3, 0.4) is 0 Å². The molecule has 1 saturated heterocycles. The molecular weight excluding hydrogens is 244 g/mol. The zero-order valence-electron chi connectivity index (χ0n) is 12.4. The monoisotopic (exact) mass is 270 g/mol. The summed E-state index contributed by atoms with van der Waals surface area (Å²) in [5.74, 6) is 0.944. The highest BCUT2D eigenvalue weighted by atomic mass is 15.2. The van der Waals surface area contributed by atoms with E-state index >= 15 is 0 Å². The lowest BCUT2D eigenvalue weighted by Gasteiger charge is -2.26. The Labute approximate surface area is 122 Å². The van der Waals surface area contributed by atoms with E-state index in [-0.39, 0.29) is 0 Å². The summed E-state index contributed by atoms with van der Waals surface area (Å²) in [6.07, 6.45) is 5.51. The molecule has 1 atom stereocenters. The quantitative estimate of drug-likeness (QED) is 0.818. The van der Waals surface area contributed by atoms with E-state index in [2.05, 4.69) is 47.1 Å². The molecule has 1 saturated carbocycles. The van der Waals surface area contributed by atoms with Gasteiger partial charge in [-0.25, -0.2) is 0 Å². The van der Waals surface area contributed by atoms with E-state index in [1.165, 1.54) is 56.5 Å². The van der Waals surface area contributed by atoms with Gasteiger partial charge in [-0.15, -0.1) is 0 Å². The highest BCUT2D eigenvalue weighted by Gasteiger charge is 2.26. The lowest BCUT2D eigenvalue weighted by Crippen LogP contribution is -2.39. The van der Waals surface area contributed by atoms with Crippen molar-refractivity contribution in [3.8, 4) is 0 Å². The maximum atomic E-state index is 4.30. The van der Waals surface area contributed by atoms with Crippen molar-refractivity contribution in [2.75, 3.05) is 26.2 Å². The Morgan fingerprint density at radius 2 is 1.95 bits per heavy atom.